The Morgan fingerprint density at radius 3 is 2.45 bits per heavy atom. The van der Waals surface area contributed by atoms with Gasteiger partial charge in [-0.3, -0.25) is 4.79 Å². The summed E-state index contributed by atoms with van der Waals surface area (Å²) in [6.45, 7) is 0. The number of hydrogen-bond acceptors (Lipinski definition) is 4. The number of fused-ring (bicyclic) bond motifs is 1. The average molecular weight is 406 g/mol. The fourth-order valence-corrected chi connectivity index (χ4v) is 3.67. The normalized spacial score (nSPS) is 11.5. The van der Waals surface area contributed by atoms with Crippen LogP contribution in [0.5, 0.6) is 0 Å². The summed E-state index contributed by atoms with van der Waals surface area (Å²) in [5.41, 5.74) is 3.62. The van der Waals surface area contributed by atoms with Crippen molar-refractivity contribution in [1.82, 2.24) is 14.7 Å². The maximum atomic E-state index is 12.5. The molecule has 0 aliphatic rings. The number of carbonyl (C=O) groups excluding carboxylic acids is 1. The van der Waals surface area contributed by atoms with Gasteiger partial charge in [0.05, 0.1) is 15.9 Å². The van der Waals surface area contributed by atoms with Crippen LogP contribution in [0.15, 0.2) is 77.7 Å². The first-order chi connectivity index (χ1) is 14.0. The van der Waals surface area contributed by atoms with Crippen molar-refractivity contribution in [2.24, 2.45) is 0 Å². The molecule has 0 saturated carbocycles. The summed E-state index contributed by atoms with van der Waals surface area (Å²) >= 11 is 0. The Bertz CT molecular complexity index is 1260. The largest absolute Gasteiger partial charge is 0.338 e. The molecule has 0 bridgehead atoms. The van der Waals surface area contributed by atoms with E-state index >= 15 is 0 Å². The smallest absolute Gasteiger partial charge is 0.255 e. The lowest BCUT2D eigenvalue weighted by atomic mass is 10.1. The third-order valence-corrected chi connectivity index (χ3v) is 5.91. The molecule has 1 heterocycles. The van der Waals surface area contributed by atoms with Gasteiger partial charge in [0.15, 0.2) is 0 Å². The number of imidazole rings is 1. The molecule has 1 aromatic heterocycles. The van der Waals surface area contributed by atoms with Gasteiger partial charge in [0.2, 0.25) is 10.0 Å². The highest BCUT2D eigenvalue weighted by Gasteiger charge is 2.13. The monoisotopic (exact) mass is 406 g/mol. The number of nitrogens with zero attached hydrogens (tertiary/aromatic N) is 1. The molecular formula is C21H18N4O3S. The lowest BCUT2D eigenvalue weighted by Gasteiger charge is -2.08. The van der Waals surface area contributed by atoms with Gasteiger partial charge in [0.1, 0.15) is 5.82 Å². The molecule has 4 rings (SSSR count). The van der Waals surface area contributed by atoms with Crippen LogP contribution in [0.2, 0.25) is 0 Å². The third-order valence-electron chi connectivity index (χ3n) is 4.48. The van der Waals surface area contributed by atoms with Gasteiger partial charge in [-0.1, -0.05) is 24.3 Å². The summed E-state index contributed by atoms with van der Waals surface area (Å²) < 4.78 is 25.8. The number of sulfonamides is 1. The number of nitrogens with one attached hydrogen (secondary N) is 3. The topological polar surface area (TPSA) is 104 Å². The molecule has 0 radical (unpaired) electrons. The van der Waals surface area contributed by atoms with Gasteiger partial charge in [-0.2, -0.15) is 0 Å². The number of aromatic amines is 1. The highest BCUT2D eigenvalue weighted by atomic mass is 32.2. The zero-order valence-corrected chi connectivity index (χ0v) is 16.3. The Morgan fingerprint density at radius 2 is 1.72 bits per heavy atom. The minimum absolute atomic E-state index is 0.100. The van der Waals surface area contributed by atoms with Crippen LogP contribution in [-0.4, -0.2) is 31.3 Å². The number of hydrogen-bond donors (Lipinski definition) is 3. The van der Waals surface area contributed by atoms with E-state index in [1.165, 1.54) is 31.3 Å². The highest BCUT2D eigenvalue weighted by Crippen LogP contribution is 2.23. The molecule has 0 fully saturated rings. The maximum absolute atomic E-state index is 12.5. The fraction of sp³-hybridized carbons (Fsp3) is 0.0476. The van der Waals surface area contributed by atoms with Gasteiger partial charge in [-0.25, -0.2) is 18.1 Å². The van der Waals surface area contributed by atoms with Crippen molar-refractivity contribution in [1.29, 1.82) is 0 Å². The second-order valence-corrected chi connectivity index (χ2v) is 8.26. The van der Waals surface area contributed by atoms with E-state index in [9.17, 15) is 13.2 Å². The van der Waals surface area contributed by atoms with Crippen LogP contribution in [-0.2, 0) is 10.0 Å². The summed E-state index contributed by atoms with van der Waals surface area (Å²) in [4.78, 5) is 20.5. The van der Waals surface area contributed by atoms with E-state index in [0.29, 0.717) is 17.1 Å². The summed E-state index contributed by atoms with van der Waals surface area (Å²) in [7, 11) is -2.20. The van der Waals surface area contributed by atoms with E-state index in [2.05, 4.69) is 20.0 Å². The quantitative estimate of drug-likeness (QED) is 0.472. The standard InChI is InChI=1S/C21H18N4O3S/c1-22-29(27,28)17-11-9-14(10-12-17)21(26)23-16-6-4-5-15(13-16)20-24-18-7-2-3-8-19(18)25-20/h2-13,22H,1H3,(H,23,26)(H,24,25). The number of benzene rings is 3. The molecule has 1 amide bonds. The van der Waals surface area contributed by atoms with Crippen molar-refractivity contribution >= 4 is 32.7 Å². The number of carbonyl (C=O) groups is 1. The summed E-state index contributed by atoms with van der Waals surface area (Å²) in [5, 5.41) is 2.83. The van der Waals surface area contributed by atoms with Gasteiger partial charge in [0, 0.05) is 16.8 Å². The van der Waals surface area contributed by atoms with Crippen LogP contribution in [0.3, 0.4) is 0 Å². The predicted octanol–water partition coefficient (Wildman–Crippen LogP) is 3.39. The zero-order valence-electron chi connectivity index (χ0n) is 15.5. The molecule has 0 aliphatic heterocycles. The van der Waals surface area contributed by atoms with E-state index in [4.69, 9.17) is 0 Å². The van der Waals surface area contributed by atoms with Crippen molar-refractivity contribution < 1.29 is 13.2 Å². The van der Waals surface area contributed by atoms with Crippen molar-refractivity contribution in [3.63, 3.8) is 0 Å². The molecule has 146 valence electrons. The van der Waals surface area contributed by atoms with Gasteiger partial charge in [-0.05, 0) is 55.6 Å². The molecule has 29 heavy (non-hydrogen) atoms. The van der Waals surface area contributed by atoms with E-state index in [1.54, 1.807) is 6.07 Å². The van der Waals surface area contributed by atoms with E-state index in [1.807, 2.05) is 42.5 Å². The van der Waals surface area contributed by atoms with E-state index < -0.39 is 10.0 Å². The van der Waals surface area contributed by atoms with Crippen molar-refractivity contribution in [3.8, 4) is 11.4 Å². The molecule has 3 N–H and O–H groups in total. The minimum atomic E-state index is -3.54. The van der Waals surface area contributed by atoms with Gasteiger partial charge < -0.3 is 10.3 Å². The lowest BCUT2D eigenvalue weighted by Crippen LogP contribution is -2.19. The number of anilines is 1. The van der Waals surface area contributed by atoms with Crippen molar-refractivity contribution in [3.05, 3.63) is 78.4 Å². The zero-order chi connectivity index (χ0) is 20.4. The molecule has 0 atom stereocenters. The molecular weight excluding hydrogens is 388 g/mol. The first-order valence-corrected chi connectivity index (χ1v) is 10.3. The average Bonchev–Trinajstić information content (AvgIpc) is 3.18. The molecule has 0 saturated heterocycles. The Balaban J connectivity index is 1.55. The Hall–Kier alpha value is -3.49. The summed E-state index contributed by atoms with van der Waals surface area (Å²) in [6, 6.07) is 20.8. The summed E-state index contributed by atoms with van der Waals surface area (Å²) in [6.07, 6.45) is 0. The maximum Gasteiger partial charge on any atom is 0.255 e. The first kappa shape index (κ1) is 18.9. The molecule has 0 unspecified atom stereocenters. The summed E-state index contributed by atoms with van der Waals surface area (Å²) in [5.74, 6) is 0.379. The van der Waals surface area contributed by atoms with Gasteiger partial charge >= 0.3 is 0 Å². The number of H-pyrrole nitrogens is 1. The van der Waals surface area contributed by atoms with Gasteiger partial charge in [0.25, 0.3) is 5.91 Å². The minimum Gasteiger partial charge on any atom is -0.338 e. The molecule has 7 nitrogen and oxygen atoms in total. The van der Waals surface area contributed by atoms with Crippen LogP contribution in [0.4, 0.5) is 5.69 Å². The third kappa shape index (κ3) is 3.89. The van der Waals surface area contributed by atoms with Crippen LogP contribution in [0.25, 0.3) is 22.4 Å². The molecule has 4 aromatic rings. The number of aromatic nitrogens is 2. The van der Waals surface area contributed by atoms with E-state index in [0.717, 1.165) is 16.6 Å². The van der Waals surface area contributed by atoms with Crippen molar-refractivity contribution in [2.75, 3.05) is 12.4 Å². The molecule has 8 heteroatoms. The Morgan fingerprint density at radius 1 is 0.966 bits per heavy atom. The van der Waals surface area contributed by atoms with Crippen molar-refractivity contribution in [2.45, 2.75) is 4.90 Å². The number of rotatable bonds is 5. The second kappa shape index (κ2) is 7.50. The van der Waals surface area contributed by atoms with Crippen LogP contribution in [0.1, 0.15) is 10.4 Å². The fourth-order valence-electron chi connectivity index (χ4n) is 2.94. The highest BCUT2D eigenvalue weighted by molar-refractivity contribution is 7.89. The van der Waals surface area contributed by atoms with Crippen LogP contribution >= 0.6 is 0 Å². The van der Waals surface area contributed by atoms with E-state index in [-0.39, 0.29) is 10.8 Å². The Labute approximate surface area is 167 Å². The first-order valence-electron chi connectivity index (χ1n) is 8.86. The number of amides is 1. The molecule has 3 aromatic carbocycles. The molecule has 0 aliphatic carbocycles. The lowest BCUT2D eigenvalue weighted by molar-refractivity contribution is 0.102. The molecule has 0 spiro atoms. The van der Waals surface area contributed by atoms with Crippen LogP contribution in [0, 0.1) is 0 Å². The SMILES string of the molecule is CNS(=O)(=O)c1ccc(C(=O)Nc2cccc(-c3nc4ccccc4[nH]3)c2)cc1. The number of para-hydroxylation sites is 2. The second-order valence-electron chi connectivity index (χ2n) is 6.37. The van der Waals surface area contributed by atoms with Crippen LogP contribution < -0.4 is 10.0 Å². The predicted molar refractivity (Wildman–Crippen MR) is 112 cm³/mol. The van der Waals surface area contributed by atoms with Gasteiger partial charge in [-0.15, -0.1) is 0 Å². The Kier molecular flexibility index (Phi) is 4.87.